The van der Waals surface area contributed by atoms with Crippen molar-refractivity contribution in [3.05, 3.63) is 46.2 Å². The fourth-order valence-electron chi connectivity index (χ4n) is 4.06. The first-order valence-corrected chi connectivity index (χ1v) is 11.1. The highest BCUT2D eigenvalue weighted by Gasteiger charge is 2.27. The lowest BCUT2D eigenvalue weighted by Gasteiger charge is -2.28. The molecule has 0 atom stereocenters. The average molecular weight is 433 g/mol. The van der Waals surface area contributed by atoms with E-state index in [0.717, 1.165) is 43.9 Å². The zero-order chi connectivity index (χ0) is 21.7. The van der Waals surface area contributed by atoms with Gasteiger partial charge < -0.3 is 9.64 Å². The third-order valence-corrected chi connectivity index (χ3v) is 5.63. The van der Waals surface area contributed by atoms with Crippen molar-refractivity contribution in [3.8, 4) is 5.69 Å². The van der Waals surface area contributed by atoms with Crippen LogP contribution in [-0.4, -0.2) is 58.8 Å². The van der Waals surface area contributed by atoms with Crippen LogP contribution in [0.3, 0.4) is 0 Å². The van der Waals surface area contributed by atoms with E-state index in [1.54, 1.807) is 7.11 Å². The van der Waals surface area contributed by atoms with Crippen LogP contribution >= 0.6 is 11.6 Å². The number of aromatic nitrogens is 2. The molecule has 0 fully saturated rings. The molecule has 1 aromatic heterocycles. The maximum atomic E-state index is 12.7. The Hall–Kier alpha value is -1.89. The highest BCUT2D eigenvalue weighted by molar-refractivity contribution is 6.30. The minimum atomic E-state index is 0.00205. The molecule has 1 amide bonds. The van der Waals surface area contributed by atoms with Crippen molar-refractivity contribution in [2.45, 2.75) is 46.7 Å². The topological polar surface area (TPSA) is 50.6 Å². The molecule has 2 aromatic rings. The van der Waals surface area contributed by atoms with Gasteiger partial charge >= 0.3 is 0 Å². The molecule has 0 bridgehead atoms. The lowest BCUT2D eigenvalue weighted by molar-refractivity contribution is -0.136. The molecule has 0 N–H and O–H groups in total. The van der Waals surface area contributed by atoms with Crippen molar-refractivity contribution < 1.29 is 9.53 Å². The Morgan fingerprint density at radius 2 is 2.03 bits per heavy atom. The Labute approximate surface area is 184 Å². The van der Waals surface area contributed by atoms with Crippen LogP contribution in [0.15, 0.2) is 24.3 Å². The third kappa shape index (κ3) is 5.42. The Morgan fingerprint density at radius 3 is 2.67 bits per heavy atom. The lowest BCUT2D eigenvalue weighted by atomic mass is 10.0. The van der Waals surface area contributed by atoms with E-state index >= 15 is 0 Å². The molecule has 164 valence electrons. The molecule has 30 heavy (non-hydrogen) atoms. The van der Waals surface area contributed by atoms with Gasteiger partial charge in [-0.25, -0.2) is 4.68 Å². The summed E-state index contributed by atoms with van der Waals surface area (Å²) in [5.41, 5.74) is 4.47. The molecular weight excluding hydrogens is 400 g/mol. The number of nitrogens with zero attached hydrogens (tertiary/aromatic N) is 4. The van der Waals surface area contributed by atoms with E-state index in [9.17, 15) is 4.79 Å². The molecule has 3 rings (SSSR count). The first-order chi connectivity index (χ1) is 14.4. The van der Waals surface area contributed by atoms with Crippen LogP contribution in [0.1, 0.15) is 44.1 Å². The van der Waals surface area contributed by atoms with E-state index in [-0.39, 0.29) is 12.5 Å². The maximum Gasteiger partial charge on any atom is 0.248 e. The molecule has 0 unspecified atom stereocenters. The van der Waals surface area contributed by atoms with Gasteiger partial charge in [0.2, 0.25) is 5.91 Å². The summed E-state index contributed by atoms with van der Waals surface area (Å²) in [5.74, 6) is 0.374. The second-order valence-corrected chi connectivity index (χ2v) is 8.82. The predicted molar refractivity (Wildman–Crippen MR) is 120 cm³/mol. The zero-order valence-corrected chi connectivity index (χ0v) is 19.3. The molecule has 2 heterocycles. The summed E-state index contributed by atoms with van der Waals surface area (Å²) in [5, 5.41) is 5.70. The van der Waals surface area contributed by atoms with Gasteiger partial charge in [-0.2, -0.15) is 5.10 Å². The second-order valence-electron chi connectivity index (χ2n) is 8.39. The van der Waals surface area contributed by atoms with Crippen LogP contribution in [-0.2, 0) is 29.0 Å². The third-order valence-electron chi connectivity index (χ3n) is 5.38. The summed E-state index contributed by atoms with van der Waals surface area (Å²) in [4.78, 5) is 17.0. The molecule has 1 aromatic carbocycles. The molecule has 1 aliphatic rings. The SMILES string of the molecule is CCCN1CCc2c(c(CN(CC(C)C)C(=O)COC)nn2-c2ccc(Cl)cc2)C1. The van der Waals surface area contributed by atoms with E-state index < -0.39 is 0 Å². The van der Waals surface area contributed by atoms with Crippen LogP contribution < -0.4 is 0 Å². The molecule has 0 spiro atoms. The Balaban J connectivity index is 1.97. The van der Waals surface area contributed by atoms with Gasteiger partial charge in [0, 0.05) is 43.8 Å². The fourth-order valence-corrected chi connectivity index (χ4v) is 4.19. The van der Waals surface area contributed by atoms with Crippen molar-refractivity contribution in [2.75, 3.05) is 33.4 Å². The molecular formula is C23H33ClN4O2. The molecule has 1 aliphatic heterocycles. The first-order valence-electron chi connectivity index (χ1n) is 10.8. The van der Waals surface area contributed by atoms with Crippen molar-refractivity contribution in [1.82, 2.24) is 19.6 Å². The van der Waals surface area contributed by atoms with Crippen molar-refractivity contribution in [1.29, 1.82) is 0 Å². The minimum absolute atomic E-state index is 0.00205. The normalized spacial score (nSPS) is 14.2. The second kappa shape index (κ2) is 10.4. The molecule has 7 heteroatoms. The van der Waals surface area contributed by atoms with E-state index in [1.165, 1.54) is 11.3 Å². The summed E-state index contributed by atoms with van der Waals surface area (Å²) >= 11 is 6.09. The number of carbonyl (C=O) groups excluding carboxylic acids is 1. The van der Waals surface area contributed by atoms with Gasteiger partial charge in [0.25, 0.3) is 0 Å². The summed E-state index contributed by atoms with van der Waals surface area (Å²) in [6, 6.07) is 7.79. The van der Waals surface area contributed by atoms with Crippen molar-refractivity contribution in [3.63, 3.8) is 0 Å². The highest BCUT2D eigenvalue weighted by atomic mass is 35.5. The van der Waals surface area contributed by atoms with Crippen molar-refractivity contribution >= 4 is 17.5 Å². The van der Waals surface area contributed by atoms with Gasteiger partial charge in [0.05, 0.1) is 23.6 Å². The fraction of sp³-hybridized carbons (Fsp3) is 0.565. The minimum Gasteiger partial charge on any atom is -0.375 e. The maximum absolute atomic E-state index is 12.7. The van der Waals surface area contributed by atoms with Gasteiger partial charge in [-0.3, -0.25) is 9.69 Å². The van der Waals surface area contributed by atoms with Crippen LogP contribution in [0.5, 0.6) is 0 Å². The van der Waals surface area contributed by atoms with Gasteiger partial charge in [-0.05, 0) is 43.1 Å². The lowest BCUT2D eigenvalue weighted by Crippen LogP contribution is -2.37. The number of halogens is 1. The molecule has 0 saturated carbocycles. The standard InChI is InChI=1S/C23H33ClN4O2/c1-5-11-26-12-10-22-20(14-26)21(15-27(13-17(2)3)23(29)16-30-4)25-28(22)19-8-6-18(24)7-9-19/h6-9,17H,5,10-16H2,1-4H3. The van der Waals surface area contributed by atoms with E-state index in [2.05, 4.69) is 25.7 Å². The largest absolute Gasteiger partial charge is 0.375 e. The number of hydrogen-bond donors (Lipinski definition) is 0. The summed E-state index contributed by atoms with van der Waals surface area (Å²) < 4.78 is 7.15. The molecule has 0 aliphatic carbocycles. The van der Waals surface area contributed by atoms with E-state index in [4.69, 9.17) is 21.4 Å². The predicted octanol–water partition coefficient (Wildman–Crippen LogP) is 3.92. The first kappa shape index (κ1) is 22.8. The average Bonchev–Trinajstić information content (AvgIpc) is 3.06. The monoisotopic (exact) mass is 432 g/mol. The number of ether oxygens (including phenoxy) is 1. The van der Waals surface area contributed by atoms with Gasteiger partial charge in [-0.1, -0.05) is 32.4 Å². The van der Waals surface area contributed by atoms with E-state index in [0.29, 0.717) is 24.0 Å². The Kier molecular flexibility index (Phi) is 7.92. The van der Waals surface area contributed by atoms with E-state index in [1.807, 2.05) is 33.8 Å². The Bertz CT molecular complexity index is 848. The number of hydrogen-bond acceptors (Lipinski definition) is 4. The summed E-state index contributed by atoms with van der Waals surface area (Å²) in [6.45, 7) is 10.7. The molecule has 6 nitrogen and oxygen atoms in total. The van der Waals surface area contributed by atoms with Crippen LogP contribution in [0.25, 0.3) is 5.69 Å². The number of carbonyl (C=O) groups is 1. The van der Waals surface area contributed by atoms with Crippen molar-refractivity contribution in [2.24, 2.45) is 5.92 Å². The zero-order valence-electron chi connectivity index (χ0n) is 18.5. The van der Waals surface area contributed by atoms with Gasteiger partial charge in [0.15, 0.2) is 0 Å². The molecule has 0 radical (unpaired) electrons. The number of amides is 1. The van der Waals surface area contributed by atoms with Crippen LogP contribution in [0.4, 0.5) is 0 Å². The number of rotatable bonds is 9. The number of methoxy groups -OCH3 is 1. The quantitative estimate of drug-likeness (QED) is 0.602. The van der Waals surface area contributed by atoms with Gasteiger partial charge in [-0.15, -0.1) is 0 Å². The Morgan fingerprint density at radius 1 is 1.30 bits per heavy atom. The van der Waals surface area contributed by atoms with Gasteiger partial charge in [0.1, 0.15) is 6.61 Å². The number of benzene rings is 1. The molecule has 0 saturated heterocycles. The van der Waals surface area contributed by atoms with Crippen LogP contribution in [0, 0.1) is 5.92 Å². The highest BCUT2D eigenvalue weighted by Crippen LogP contribution is 2.27. The van der Waals surface area contributed by atoms with Crippen LogP contribution in [0.2, 0.25) is 5.02 Å². The summed E-state index contributed by atoms with van der Waals surface area (Å²) in [7, 11) is 1.56. The summed E-state index contributed by atoms with van der Waals surface area (Å²) in [6.07, 6.45) is 2.07. The number of fused-ring (bicyclic) bond motifs is 1. The smallest absolute Gasteiger partial charge is 0.248 e.